The molecule has 0 amide bonds. The van der Waals surface area contributed by atoms with E-state index in [9.17, 15) is 4.57 Å². The minimum Gasteiger partial charge on any atom is -0.346 e. The van der Waals surface area contributed by atoms with Gasteiger partial charge >= 0.3 is 7.19 Å². The topological polar surface area (TPSA) is 85.6 Å². The number of rotatable bonds is 4. The monoisotopic (exact) mass is 516 g/mol. The van der Waals surface area contributed by atoms with Gasteiger partial charge in [0.05, 0.1) is 0 Å². The molecule has 0 N–H and O–H groups in total. The average molecular weight is 516 g/mol. The van der Waals surface area contributed by atoms with Crippen LogP contribution in [0, 0.1) is 0 Å². The summed E-state index contributed by atoms with van der Waals surface area (Å²) in [6.45, 7) is 3.83. The van der Waals surface area contributed by atoms with Crippen LogP contribution >= 0.6 is 7.37 Å². The SMILES string of the molecule is CCP(=O)(CC)OB1n2c3c4ccccc4c2N=c2c4ccccc4c(n21)=NC1=NC(=N3)c2ccccc21. The van der Waals surface area contributed by atoms with Gasteiger partial charge in [0.15, 0.2) is 19.0 Å². The van der Waals surface area contributed by atoms with Crippen LogP contribution in [0.25, 0.3) is 21.5 Å². The Hall–Kier alpha value is -4.07. The molecule has 5 aromatic rings. The predicted octanol–water partition coefficient (Wildman–Crippen LogP) is 5.05. The highest BCUT2D eigenvalue weighted by molar-refractivity contribution is 7.60. The molecule has 0 aliphatic carbocycles. The van der Waals surface area contributed by atoms with E-state index in [1.807, 2.05) is 95.6 Å². The number of aromatic nitrogens is 2. The number of hydrogen-bond donors (Lipinski definition) is 0. The molecule has 8 rings (SSSR count). The lowest BCUT2D eigenvalue weighted by molar-refractivity contribution is 0.473. The molecule has 184 valence electrons. The van der Waals surface area contributed by atoms with Crippen LogP contribution in [0.15, 0.2) is 92.8 Å². The van der Waals surface area contributed by atoms with E-state index in [0.717, 1.165) is 44.0 Å². The molecule has 2 aromatic heterocycles. The van der Waals surface area contributed by atoms with Crippen molar-refractivity contribution in [1.29, 1.82) is 0 Å². The lowest BCUT2D eigenvalue weighted by Crippen LogP contribution is -2.49. The molecule has 0 saturated heterocycles. The number of benzene rings is 3. The zero-order valence-electron chi connectivity index (χ0n) is 20.9. The standard InChI is InChI=1S/C28H22BN6O2P/c1-3-38(36,4-2)37-29-34-25-19-13-7-9-15-21(19)27(34)33-28-22-16-10-8-14-20(22)26(35(28)29)32-24-18-12-6-5-11-17(18)23(30-24)31-25/h5-16H,3-4H2,1-2H3. The number of fused-ring (bicyclic) bond motifs is 10. The van der Waals surface area contributed by atoms with Crippen LogP contribution < -0.4 is 11.0 Å². The number of hydrogen-bond acceptors (Lipinski definition) is 6. The lowest BCUT2D eigenvalue weighted by Gasteiger charge is -2.26. The second kappa shape index (κ2) is 7.73. The smallest absolute Gasteiger partial charge is 0.346 e. The molecule has 0 fully saturated rings. The molecule has 0 spiro atoms. The summed E-state index contributed by atoms with van der Waals surface area (Å²) in [7, 11) is -3.75. The Balaban J connectivity index is 1.63. The van der Waals surface area contributed by atoms with Gasteiger partial charge in [-0.2, -0.15) is 0 Å². The lowest BCUT2D eigenvalue weighted by atomic mass is 10.00. The van der Waals surface area contributed by atoms with E-state index in [1.54, 1.807) is 0 Å². The quantitative estimate of drug-likeness (QED) is 0.248. The summed E-state index contributed by atoms with van der Waals surface area (Å²) in [5.74, 6) is 2.58. The summed E-state index contributed by atoms with van der Waals surface area (Å²) in [6.07, 6.45) is 0.857. The van der Waals surface area contributed by atoms with Gasteiger partial charge in [0.2, 0.25) is 0 Å². The van der Waals surface area contributed by atoms with Crippen molar-refractivity contribution in [1.82, 2.24) is 8.96 Å². The Morgan fingerprint density at radius 2 is 1.16 bits per heavy atom. The van der Waals surface area contributed by atoms with E-state index in [0.29, 0.717) is 35.3 Å². The normalized spacial score (nSPS) is 15.2. The molecule has 0 saturated carbocycles. The summed E-state index contributed by atoms with van der Waals surface area (Å²) in [5.41, 5.74) is 3.25. The molecule has 8 nitrogen and oxygen atoms in total. The highest BCUT2D eigenvalue weighted by Crippen LogP contribution is 2.49. The molecule has 4 bridgehead atoms. The van der Waals surface area contributed by atoms with E-state index in [4.69, 9.17) is 24.4 Å². The minimum atomic E-state index is -2.98. The maximum Gasteiger partial charge on any atom is 0.568 e. The third kappa shape index (κ3) is 2.83. The van der Waals surface area contributed by atoms with Crippen molar-refractivity contribution in [3.63, 3.8) is 0 Å². The van der Waals surface area contributed by atoms with E-state index in [-0.39, 0.29) is 0 Å². The minimum absolute atomic E-state index is 0.428. The molecule has 38 heavy (non-hydrogen) atoms. The molecule has 3 aromatic carbocycles. The van der Waals surface area contributed by atoms with Crippen LogP contribution in [0.2, 0.25) is 0 Å². The fraction of sp³-hybridized carbons (Fsp3) is 0.143. The summed E-state index contributed by atoms with van der Waals surface area (Å²) < 4.78 is 24.5. The molecule has 5 heterocycles. The summed E-state index contributed by atoms with van der Waals surface area (Å²) in [6, 6.07) is 24.2. The average Bonchev–Trinajstić information content (AvgIpc) is 3.58. The van der Waals surface area contributed by atoms with E-state index in [2.05, 4.69) is 0 Å². The number of aliphatic imine (C=N–C) groups is 2. The molecule has 0 radical (unpaired) electrons. The Bertz CT molecular complexity index is 2080. The number of nitrogens with zero attached hydrogens (tertiary/aromatic N) is 6. The fourth-order valence-electron chi connectivity index (χ4n) is 5.66. The first-order valence-electron chi connectivity index (χ1n) is 12.8. The summed E-state index contributed by atoms with van der Waals surface area (Å²) in [5, 5.41) is 3.77. The largest absolute Gasteiger partial charge is 0.568 e. The van der Waals surface area contributed by atoms with Gasteiger partial charge in [-0.3, -0.25) is 4.57 Å². The van der Waals surface area contributed by atoms with Crippen molar-refractivity contribution in [3.05, 3.63) is 94.9 Å². The maximum atomic E-state index is 13.9. The van der Waals surface area contributed by atoms with Crippen molar-refractivity contribution in [2.75, 3.05) is 12.3 Å². The summed E-state index contributed by atoms with van der Waals surface area (Å²) in [4.78, 5) is 20.4. The van der Waals surface area contributed by atoms with Gasteiger partial charge in [-0.25, -0.2) is 20.0 Å². The molecule has 0 atom stereocenters. The zero-order valence-corrected chi connectivity index (χ0v) is 21.8. The predicted molar refractivity (Wildman–Crippen MR) is 151 cm³/mol. The Morgan fingerprint density at radius 3 is 1.76 bits per heavy atom. The molecule has 3 aliphatic rings. The van der Waals surface area contributed by atoms with Crippen LogP contribution in [-0.2, 0) is 9.01 Å². The molecule has 0 unspecified atom stereocenters. The third-order valence-corrected chi connectivity index (χ3v) is 10.2. The van der Waals surface area contributed by atoms with Crippen molar-refractivity contribution in [2.24, 2.45) is 20.0 Å². The van der Waals surface area contributed by atoms with Crippen molar-refractivity contribution >= 4 is 59.4 Å². The molecular formula is C28H22BN6O2P. The van der Waals surface area contributed by atoms with Crippen LogP contribution in [0.4, 0.5) is 11.6 Å². The van der Waals surface area contributed by atoms with E-state index < -0.39 is 14.6 Å². The van der Waals surface area contributed by atoms with E-state index in [1.165, 1.54) is 0 Å². The van der Waals surface area contributed by atoms with Gasteiger partial charge in [-0.05, 0) is 0 Å². The van der Waals surface area contributed by atoms with Crippen LogP contribution in [0.1, 0.15) is 25.0 Å². The van der Waals surface area contributed by atoms with Crippen molar-refractivity contribution < 1.29 is 9.01 Å². The van der Waals surface area contributed by atoms with Gasteiger partial charge in [0.1, 0.15) is 22.6 Å². The van der Waals surface area contributed by atoms with Crippen molar-refractivity contribution in [2.45, 2.75) is 13.8 Å². The first-order chi connectivity index (χ1) is 18.6. The molecule has 3 aliphatic heterocycles. The summed E-state index contributed by atoms with van der Waals surface area (Å²) >= 11 is 0. The molecule has 10 heteroatoms. The first-order valence-corrected chi connectivity index (χ1v) is 14.8. The Labute approximate surface area is 218 Å². The van der Waals surface area contributed by atoms with Gasteiger partial charge in [0, 0.05) is 45.0 Å². The fourth-order valence-corrected chi connectivity index (χ4v) is 6.94. The Morgan fingerprint density at radius 1 is 0.658 bits per heavy atom. The van der Waals surface area contributed by atoms with Crippen molar-refractivity contribution in [3.8, 4) is 0 Å². The highest BCUT2D eigenvalue weighted by Gasteiger charge is 2.41. The second-order valence-corrected chi connectivity index (χ2v) is 12.7. The third-order valence-electron chi connectivity index (χ3n) is 7.68. The van der Waals surface area contributed by atoms with Crippen LogP contribution in [0.5, 0.6) is 0 Å². The van der Waals surface area contributed by atoms with E-state index >= 15 is 0 Å². The first kappa shape index (κ1) is 22.0. The van der Waals surface area contributed by atoms with Gasteiger partial charge in [-0.1, -0.05) is 86.6 Å². The molecular weight excluding hydrogens is 494 g/mol. The number of amidine groups is 2. The maximum absolute atomic E-state index is 13.9. The second-order valence-electron chi connectivity index (χ2n) is 9.64. The van der Waals surface area contributed by atoms with Crippen LogP contribution in [0.3, 0.4) is 0 Å². The highest BCUT2D eigenvalue weighted by atomic mass is 31.2. The van der Waals surface area contributed by atoms with Gasteiger partial charge < -0.3 is 13.4 Å². The Kier molecular flexibility index (Phi) is 4.47. The van der Waals surface area contributed by atoms with Gasteiger partial charge in [0.25, 0.3) is 0 Å². The van der Waals surface area contributed by atoms with Gasteiger partial charge in [-0.15, -0.1) is 0 Å². The van der Waals surface area contributed by atoms with Crippen LogP contribution in [-0.4, -0.2) is 40.1 Å². The zero-order chi connectivity index (χ0) is 25.6.